The number of amides is 2. The largest absolute Gasteiger partial charge is 0.462 e. The van der Waals surface area contributed by atoms with Crippen LogP contribution in [0, 0.1) is 0 Å². The van der Waals surface area contributed by atoms with Crippen molar-refractivity contribution < 1.29 is 14.3 Å². The summed E-state index contributed by atoms with van der Waals surface area (Å²) in [6, 6.07) is 14.3. The van der Waals surface area contributed by atoms with Crippen molar-refractivity contribution in [1.82, 2.24) is 4.90 Å². The molecule has 0 aliphatic carbocycles. The number of anilines is 2. The standard InChI is InChI=1S/C20H22ClN3O3/c1-2-27-19(25)17-5-3-4-6-18(17)23-11-13-24(14-12-23)20(26)22-16-9-7-15(21)8-10-16/h3-10H,2,11-14H2,1H3,(H,22,26). The molecule has 7 heteroatoms. The zero-order valence-corrected chi connectivity index (χ0v) is 15.9. The number of nitrogens with zero attached hydrogens (tertiary/aromatic N) is 2. The molecule has 2 aromatic rings. The molecule has 1 N–H and O–H groups in total. The number of halogens is 1. The highest BCUT2D eigenvalue weighted by Crippen LogP contribution is 2.23. The van der Waals surface area contributed by atoms with Gasteiger partial charge in [-0.2, -0.15) is 0 Å². The summed E-state index contributed by atoms with van der Waals surface area (Å²) in [6.45, 7) is 4.55. The maximum absolute atomic E-state index is 12.4. The molecule has 2 amide bonds. The number of carbonyl (C=O) groups is 2. The Morgan fingerprint density at radius 1 is 1.04 bits per heavy atom. The van der Waals surface area contributed by atoms with E-state index in [-0.39, 0.29) is 12.0 Å². The Balaban J connectivity index is 1.61. The molecule has 3 rings (SSSR count). The number of hydrogen-bond donors (Lipinski definition) is 1. The van der Waals surface area contributed by atoms with Crippen molar-refractivity contribution in [2.75, 3.05) is 43.0 Å². The Labute approximate surface area is 163 Å². The van der Waals surface area contributed by atoms with Gasteiger partial charge in [0.15, 0.2) is 0 Å². The summed E-state index contributed by atoms with van der Waals surface area (Å²) < 4.78 is 5.14. The van der Waals surface area contributed by atoms with Crippen molar-refractivity contribution in [2.24, 2.45) is 0 Å². The van der Waals surface area contributed by atoms with E-state index < -0.39 is 0 Å². The van der Waals surface area contributed by atoms with Crippen LogP contribution in [0.15, 0.2) is 48.5 Å². The first-order valence-corrected chi connectivity index (χ1v) is 9.29. The van der Waals surface area contributed by atoms with Crippen LogP contribution in [-0.4, -0.2) is 49.7 Å². The molecule has 142 valence electrons. The summed E-state index contributed by atoms with van der Waals surface area (Å²) in [4.78, 5) is 28.5. The number of esters is 1. The number of hydrogen-bond acceptors (Lipinski definition) is 4. The Morgan fingerprint density at radius 2 is 1.70 bits per heavy atom. The van der Waals surface area contributed by atoms with E-state index in [2.05, 4.69) is 10.2 Å². The van der Waals surface area contributed by atoms with E-state index >= 15 is 0 Å². The molecular weight excluding hydrogens is 366 g/mol. The van der Waals surface area contributed by atoms with Crippen LogP contribution in [0.4, 0.5) is 16.2 Å². The second-order valence-corrected chi connectivity index (χ2v) is 6.59. The van der Waals surface area contributed by atoms with E-state index in [0.29, 0.717) is 49.1 Å². The SMILES string of the molecule is CCOC(=O)c1ccccc1N1CCN(C(=O)Nc2ccc(Cl)cc2)CC1. The van der Waals surface area contributed by atoms with Crippen LogP contribution in [0.2, 0.25) is 5.02 Å². The molecule has 1 aliphatic rings. The van der Waals surface area contributed by atoms with Gasteiger partial charge in [-0.3, -0.25) is 0 Å². The first-order valence-electron chi connectivity index (χ1n) is 8.91. The van der Waals surface area contributed by atoms with Crippen LogP contribution in [0.5, 0.6) is 0 Å². The maximum Gasteiger partial charge on any atom is 0.340 e. The lowest BCUT2D eigenvalue weighted by Crippen LogP contribution is -2.50. The maximum atomic E-state index is 12.4. The Hall–Kier alpha value is -2.73. The smallest absolute Gasteiger partial charge is 0.340 e. The summed E-state index contributed by atoms with van der Waals surface area (Å²) in [5, 5.41) is 3.50. The Kier molecular flexibility index (Phi) is 6.19. The van der Waals surface area contributed by atoms with Gasteiger partial charge in [0.05, 0.1) is 17.9 Å². The Bertz CT molecular complexity index is 802. The molecule has 2 aromatic carbocycles. The number of rotatable bonds is 4. The molecule has 27 heavy (non-hydrogen) atoms. The van der Waals surface area contributed by atoms with Gasteiger partial charge in [0.25, 0.3) is 0 Å². The van der Waals surface area contributed by atoms with Crippen molar-refractivity contribution in [3.63, 3.8) is 0 Å². The van der Waals surface area contributed by atoms with E-state index in [4.69, 9.17) is 16.3 Å². The van der Waals surface area contributed by atoms with Gasteiger partial charge in [0, 0.05) is 36.9 Å². The lowest BCUT2D eigenvalue weighted by molar-refractivity contribution is 0.0527. The highest BCUT2D eigenvalue weighted by Gasteiger charge is 2.24. The summed E-state index contributed by atoms with van der Waals surface area (Å²) in [5.41, 5.74) is 2.10. The van der Waals surface area contributed by atoms with Crippen LogP contribution in [0.3, 0.4) is 0 Å². The molecule has 1 heterocycles. The van der Waals surface area contributed by atoms with Crippen LogP contribution in [0.1, 0.15) is 17.3 Å². The minimum atomic E-state index is -0.323. The van der Waals surface area contributed by atoms with E-state index in [9.17, 15) is 9.59 Å². The van der Waals surface area contributed by atoms with Gasteiger partial charge in [-0.15, -0.1) is 0 Å². The second kappa shape index (κ2) is 8.77. The van der Waals surface area contributed by atoms with Crippen molar-refractivity contribution in [3.8, 4) is 0 Å². The van der Waals surface area contributed by atoms with Gasteiger partial charge in [-0.05, 0) is 43.3 Å². The van der Waals surface area contributed by atoms with Crippen molar-refractivity contribution in [3.05, 3.63) is 59.1 Å². The number of ether oxygens (including phenoxy) is 1. The van der Waals surface area contributed by atoms with E-state index in [0.717, 1.165) is 5.69 Å². The van der Waals surface area contributed by atoms with Crippen LogP contribution in [-0.2, 0) is 4.74 Å². The molecule has 1 fully saturated rings. The monoisotopic (exact) mass is 387 g/mol. The predicted molar refractivity (Wildman–Crippen MR) is 107 cm³/mol. The van der Waals surface area contributed by atoms with Crippen molar-refractivity contribution in [1.29, 1.82) is 0 Å². The van der Waals surface area contributed by atoms with Gasteiger partial charge in [-0.1, -0.05) is 23.7 Å². The highest BCUT2D eigenvalue weighted by molar-refractivity contribution is 6.30. The fraction of sp³-hybridized carbons (Fsp3) is 0.300. The third kappa shape index (κ3) is 4.71. The number of urea groups is 1. The van der Waals surface area contributed by atoms with Crippen molar-refractivity contribution in [2.45, 2.75) is 6.92 Å². The van der Waals surface area contributed by atoms with Crippen LogP contribution in [0.25, 0.3) is 0 Å². The number of piperazine rings is 1. The molecule has 0 atom stereocenters. The molecule has 0 unspecified atom stereocenters. The van der Waals surface area contributed by atoms with E-state index in [1.807, 2.05) is 18.2 Å². The average molecular weight is 388 g/mol. The van der Waals surface area contributed by atoms with Gasteiger partial charge < -0.3 is 19.9 Å². The molecule has 1 aliphatic heterocycles. The van der Waals surface area contributed by atoms with Crippen LogP contribution < -0.4 is 10.2 Å². The topological polar surface area (TPSA) is 61.9 Å². The van der Waals surface area contributed by atoms with Gasteiger partial charge in [-0.25, -0.2) is 9.59 Å². The molecule has 0 spiro atoms. The number of benzene rings is 2. The third-order valence-corrected chi connectivity index (χ3v) is 4.65. The first kappa shape index (κ1) is 19.0. The summed E-state index contributed by atoms with van der Waals surface area (Å²) >= 11 is 5.86. The number of carbonyl (C=O) groups excluding carboxylic acids is 2. The fourth-order valence-electron chi connectivity index (χ4n) is 3.02. The molecular formula is C20H22ClN3O3. The lowest BCUT2D eigenvalue weighted by atomic mass is 10.1. The lowest BCUT2D eigenvalue weighted by Gasteiger charge is -2.36. The number of para-hydroxylation sites is 1. The highest BCUT2D eigenvalue weighted by atomic mass is 35.5. The molecule has 0 aromatic heterocycles. The normalized spacial score (nSPS) is 14.0. The van der Waals surface area contributed by atoms with Crippen LogP contribution >= 0.6 is 11.6 Å². The van der Waals surface area contributed by atoms with Gasteiger partial charge in [0.1, 0.15) is 0 Å². The second-order valence-electron chi connectivity index (χ2n) is 6.15. The molecule has 0 radical (unpaired) electrons. The Morgan fingerprint density at radius 3 is 2.37 bits per heavy atom. The average Bonchev–Trinajstić information content (AvgIpc) is 2.70. The predicted octanol–water partition coefficient (Wildman–Crippen LogP) is 3.87. The zero-order valence-electron chi connectivity index (χ0n) is 15.2. The van der Waals surface area contributed by atoms with Crippen molar-refractivity contribution >= 4 is 35.0 Å². The van der Waals surface area contributed by atoms with Gasteiger partial charge >= 0.3 is 12.0 Å². The van der Waals surface area contributed by atoms with Gasteiger partial charge in [0.2, 0.25) is 0 Å². The summed E-state index contributed by atoms with van der Waals surface area (Å²) in [7, 11) is 0. The minimum absolute atomic E-state index is 0.143. The molecule has 6 nitrogen and oxygen atoms in total. The minimum Gasteiger partial charge on any atom is -0.462 e. The first-order chi connectivity index (χ1) is 13.1. The quantitative estimate of drug-likeness (QED) is 0.809. The fourth-order valence-corrected chi connectivity index (χ4v) is 3.14. The molecule has 0 bridgehead atoms. The van der Waals surface area contributed by atoms with E-state index in [1.54, 1.807) is 42.2 Å². The number of nitrogens with one attached hydrogen (secondary N) is 1. The van der Waals surface area contributed by atoms with E-state index in [1.165, 1.54) is 0 Å². The third-order valence-electron chi connectivity index (χ3n) is 4.40. The summed E-state index contributed by atoms with van der Waals surface area (Å²) in [6.07, 6.45) is 0. The summed E-state index contributed by atoms with van der Waals surface area (Å²) in [5.74, 6) is -0.323. The zero-order chi connectivity index (χ0) is 19.2. The molecule has 1 saturated heterocycles. The molecule has 0 saturated carbocycles.